The number of hydrogen-bond donors (Lipinski definition) is 1. The molecule has 1 rings (SSSR count). The average Bonchev–Trinajstić information content (AvgIpc) is 2.64. The standard InChI is InChI=1S/C11H16BrNO2S/c1-7(6-11(14)15-2)5-8(13)9-3-4-10(12)16-9/h3-4,7-8H,5-6,13H2,1-2H3. The Morgan fingerprint density at radius 1 is 1.62 bits per heavy atom. The fourth-order valence-electron chi connectivity index (χ4n) is 1.53. The minimum atomic E-state index is -0.174. The molecule has 0 aromatic carbocycles. The predicted molar refractivity (Wildman–Crippen MR) is 69.4 cm³/mol. The molecule has 1 aromatic rings. The molecule has 5 heteroatoms. The topological polar surface area (TPSA) is 52.3 Å². The molecular formula is C11H16BrNO2S. The van der Waals surface area contributed by atoms with Gasteiger partial charge in [-0.05, 0) is 40.4 Å². The highest BCUT2D eigenvalue weighted by Crippen LogP contribution is 2.29. The van der Waals surface area contributed by atoms with Crippen LogP contribution < -0.4 is 5.73 Å². The maximum Gasteiger partial charge on any atom is 0.305 e. The zero-order chi connectivity index (χ0) is 12.1. The van der Waals surface area contributed by atoms with Crippen molar-refractivity contribution in [1.82, 2.24) is 0 Å². The third kappa shape index (κ3) is 4.23. The van der Waals surface area contributed by atoms with E-state index in [-0.39, 0.29) is 17.9 Å². The molecule has 0 bridgehead atoms. The second-order valence-electron chi connectivity index (χ2n) is 3.87. The lowest BCUT2D eigenvalue weighted by Crippen LogP contribution is -2.15. The summed E-state index contributed by atoms with van der Waals surface area (Å²) in [5, 5.41) is 0. The summed E-state index contributed by atoms with van der Waals surface area (Å²) in [6, 6.07) is 4.01. The maximum absolute atomic E-state index is 11.1. The van der Waals surface area contributed by atoms with Gasteiger partial charge in [-0.25, -0.2) is 0 Å². The van der Waals surface area contributed by atoms with Crippen molar-refractivity contribution < 1.29 is 9.53 Å². The second kappa shape index (κ2) is 6.37. The Hall–Kier alpha value is -0.390. The van der Waals surface area contributed by atoms with Crippen LogP contribution in [0, 0.1) is 5.92 Å². The number of esters is 1. The first-order valence-electron chi connectivity index (χ1n) is 5.10. The molecule has 0 saturated carbocycles. The van der Waals surface area contributed by atoms with Crippen LogP contribution in [0.25, 0.3) is 0 Å². The average molecular weight is 306 g/mol. The third-order valence-electron chi connectivity index (χ3n) is 2.36. The van der Waals surface area contributed by atoms with E-state index in [0.29, 0.717) is 6.42 Å². The van der Waals surface area contributed by atoms with Gasteiger partial charge < -0.3 is 10.5 Å². The van der Waals surface area contributed by atoms with Crippen molar-refractivity contribution in [2.24, 2.45) is 11.7 Å². The Kier molecular flexibility index (Phi) is 5.44. The van der Waals surface area contributed by atoms with Gasteiger partial charge in [0, 0.05) is 17.3 Å². The van der Waals surface area contributed by atoms with Crippen molar-refractivity contribution in [2.75, 3.05) is 7.11 Å². The van der Waals surface area contributed by atoms with E-state index in [1.807, 2.05) is 19.1 Å². The van der Waals surface area contributed by atoms with Crippen LogP contribution in [-0.2, 0) is 9.53 Å². The summed E-state index contributed by atoms with van der Waals surface area (Å²) in [5.41, 5.74) is 6.06. The van der Waals surface area contributed by atoms with Gasteiger partial charge in [0.2, 0.25) is 0 Å². The minimum Gasteiger partial charge on any atom is -0.469 e. The molecule has 2 atom stereocenters. The van der Waals surface area contributed by atoms with Gasteiger partial charge in [-0.15, -0.1) is 11.3 Å². The zero-order valence-corrected chi connectivity index (χ0v) is 11.8. The predicted octanol–water partition coefficient (Wildman–Crippen LogP) is 3.10. The molecule has 0 aliphatic carbocycles. The van der Waals surface area contributed by atoms with Gasteiger partial charge in [0.05, 0.1) is 10.9 Å². The summed E-state index contributed by atoms with van der Waals surface area (Å²) >= 11 is 5.04. The van der Waals surface area contributed by atoms with Crippen molar-refractivity contribution in [2.45, 2.75) is 25.8 Å². The lowest BCUT2D eigenvalue weighted by Gasteiger charge is -2.14. The summed E-state index contributed by atoms with van der Waals surface area (Å²) in [6.07, 6.45) is 1.22. The molecule has 0 aliphatic rings. The van der Waals surface area contributed by atoms with Crippen LogP contribution in [0.3, 0.4) is 0 Å². The molecule has 3 nitrogen and oxygen atoms in total. The number of carbonyl (C=O) groups is 1. The third-order valence-corrected chi connectivity index (χ3v) is 4.11. The summed E-state index contributed by atoms with van der Waals surface area (Å²) < 4.78 is 5.71. The number of hydrogen-bond acceptors (Lipinski definition) is 4. The first kappa shape index (κ1) is 13.7. The number of nitrogens with two attached hydrogens (primary N) is 1. The van der Waals surface area contributed by atoms with E-state index in [0.717, 1.165) is 15.1 Å². The number of methoxy groups -OCH3 is 1. The number of ether oxygens (including phenoxy) is 1. The fourth-order valence-corrected chi connectivity index (χ4v) is 2.97. The van der Waals surface area contributed by atoms with Gasteiger partial charge >= 0.3 is 5.97 Å². The molecule has 1 heterocycles. The SMILES string of the molecule is COC(=O)CC(C)CC(N)c1ccc(Br)s1. The van der Waals surface area contributed by atoms with E-state index >= 15 is 0 Å². The first-order valence-corrected chi connectivity index (χ1v) is 6.71. The van der Waals surface area contributed by atoms with Gasteiger partial charge in [-0.3, -0.25) is 4.79 Å². The van der Waals surface area contributed by atoms with Crippen molar-refractivity contribution >= 4 is 33.2 Å². The quantitative estimate of drug-likeness (QED) is 0.851. The molecule has 90 valence electrons. The van der Waals surface area contributed by atoms with E-state index in [9.17, 15) is 4.79 Å². The van der Waals surface area contributed by atoms with Gasteiger partial charge in [0.25, 0.3) is 0 Å². The summed E-state index contributed by atoms with van der Waals surface area (Å²) in [6.45, 7) is 2.01. The summed E-state index contributed by atoms with van der Waals surface area (Å²) in [7, 11) is 1.41. The van der Waals surface area contributed by atoms with Crippen molar-refractivity contribution in [3.8, 4) is 0 Å². The summed E-state index contributed by atoms with van der Waals surface area (Å²) in [4.78, 5) is 12.2. The number of carbonyl (C=O) groups excluding carboxylic acids is 1. The molecule has 1 aromatic heterocycles. The lowest BCUT2D eigenvalue weighted by atomic mass is 9.98. The Balaban J connectivity index is 2.45. The second-order valence-corrected chi connectivity index (χ2v) is 6.36. The summed E-state index contributed by atoms with van der Waals surface area (Å²) in [5.74, 6) is 0.0652. The van der Waals surface area contributed by atoms with E-state index in [2.05, 4.69) is 20.7 Å². The normalized spacial score (nSPS) is 14.5. The molecule has 0 spiro atoms. The molecule has 16 heavy (non-hydrogen) atoms. The highest BCUT2D eigenvalue weighted by molar-refractivity contribution is 9.11. The van der Waals surface area contributed by atoms with Crippen LogP contribution in [0.4, 0.5) is 0 Å². The minimum absolute atomic E-state index is 0.00374. The van der Waals surface area contributed by atoms with Gasteiger partial charge in [-0.1, -0.05) is 6.92 Å². The monoisotopic (exact) mass is 305 g/mol. The zero-order valence-electron chi connectivity index (χ0n) is 9.40. The Morgan fingerprint density at radius 2 is 2.31 bits per heavy atom. The molecule has 0 fully saturated rings. The molecular weight excluding hydrogens is 290 g/mol. The number of rotatable bonds is 5. The van der Waals surface area contributed by atoms with Gasteiger partial charge in [0.1, 0.15) is 0 Å². The van der Waals surface area contributed by atoms with Crippen molar-refractivity contribution in [3.05, 3.63) is 20.8 Å². The molecule has 0 amide bonds. The number of halogens is 1. The van der Waals surface area contributed by atoms with Crippen LogP contribution in [0.1, 0.15) is 30.7 Å². The maximum atomic E-state index is 11.1. The highest BCUT2D eigenvalue weighted by Gasteiger charge is 2.15. The first-order chi connectivity index (χ1) is 7.52. The molecule has 2 N–H and O–H groups in total. The Morgan fingerprint density at radius 3 is 2.81 bits per heavy atom. The van der Waals surface area contributed by atoms with Crippen LogP contribution in [0.5, 0.6) is 0 Å². The van der Waals surface area contributed by atoms with E-state index in [1.165, 1.54) is 7.11 Å². The van der Waals surface area contributed by atoms with Crippen molar-refractivity contribution in [3.63, 3.8) is 0 Å². The van der Waals surface area contributed by atoms with Crippen LogP contribution in [0.2, 0.25) is 0 Å². The largest absolute Gasteiger partial charge is 0.469 e. The molecule has 0 saturated heterocycles. The lowest BCUT2D eigenvalue weighted by molar-refractivity contribution is -0.141. The molecule has 2 unspecified atom stereocenters. The Bertz CT molecular complexity index is 354. The van der Waals surface area contributed by atoms with Crippen LogP contribution >= 0.6 is 27.3 Å². The van der Waals surface area contributed by atoms with Crippen molar-refractivity contribution in [1.29, 1.82) is 0 Å². The molecule has 0 aliphatic heterocycles. The number of thiophene rings is 1. The van der Waals surface area contributed by atoms with E-state index < -0.39 is 0 Å². The Labute approximate surface area is 108 Å². The van der Waals surface area contributed by atoms with Crippen LogP contribution in [-0.4, -0.2) is 13.1 Å². The molecule has 0 radical (unpaired) electrons. The van der Waals surface area contributed by atoms with Crippen LogP contribution in [0.15, 0.2) is 15.9 Å². The van der Waals surface area contributed by atoms with Gasteiger partial charge in [0.15, 0.2) is 0 Å². The van der Waals surface area contributed by atoms with Gasteiger partial charge in [-0.2, -0.15) is 0 Å². The highest BCUT2D eigenvalue weighted by atomic mass is 79.9. The van der Waals surface area contributed by atoms with E-state index in [4.69, 9.17) is 5.73 Å². The fraction of sp³-hybridized carbons (Fsp3) is 0.545. The smallest absolute Gasteiger partial charge is 0.305 e. The van der Waals surface area contributed by atoms with E-state index in [1.54, 1.807) is 11.3 Å².